The molecule has 0 aromatic heterocycles. The van der Waals surface area contributed by atoms with Crippen molar-refractivity contribution in [3.8, 4) is 0 Å². The summed E-state index contributed by atoms with van der Waals surface area (Å²) >= 11 is 0. The largest absolute Gasteiger partial charge is 0.315 e. The number of likely N-dealkylation sites (N-methyl/N-ethyl adjacent to an activating group) is 1. The average Bonchev–Trinajstić information content (AvgIpc) is 2.66. The molecular weight excluding hydrogens is 208 g/mol. The van der Waals surface area contributed by atoms with Gasteiger partial charge in [0.15, 0.2) is 0 Å². The van der Waals surface area contributed by atoms with Crippen LogP contribution in [0.2, 0.25) is 0 Å². The predicted octanol–water partition coefficient (Wildman–Crippen LogP) is 3.03. The van der Waals surface area contributed by atoms with Gasteiger partial charge in [0.1, 0.15) is 0 Å². The number of rotatable bonds is 4. The molecule has 0 aromatic carbocycles. The molecular formula is C15H30N2. The first-order valence-corrected chi connectivity index (χ1v) is 7.76. The summed E-state index contributed by atoms with van der Waals surface area (Å²) in [7, 11) is 2.16. The number of nitrogens with one attached hydrogen (secondary N) is 1. The zero-order chi connectivity index (χ0) is 12.1. The summed E-state index contributed by atoms with van der Waals surface area (Å²) in [5.41, 5.74) is 0. The molecule has 3 unspecified atom stereocenters. The third-order valence-corrected chi connectivity index (χ3v) is 4.83. The molecule has 0 amide bonds. The molecule has 1 saturated carbocycles. The molecule has 1 aliphatic carbocycles. The molecule has 100 valence electrons. The fourth-order valence-corrected chi connectivity index (χ4v) is 3.87. The van der Waals surface area contributed by atoms with Crippen molar-refractivity contribution in [3.63, 3.8) is 0 Å². The van der Waals surface area contributed by atoms with Gasteiger partial charge in [0.25, 0.3) is 0 Å². The van der Waals surface area contributed by atoms with Crippen LogP contribution in [0.3, 0.4) is 0 Å². The molecule has 1 heterocycles. The standard InChI is InChI=1S/C15H30N2/c1-3-7-13-10-11-17(12-13)15-9-6-4-5-8-14(15)16-2/h13-16H,3-12H2,1-2H3. The average molecular weight is 238 g/mol. The van der Waals surface area contributed by atoms with Gasteiger partial charge >= 0.3 is 0 Å². The van der Waals surface area contributed by atoms with E-state index in [-0.39, 0.29) is 0 Å². The molecule has 0 bridgehead atoms. The van der Waals surface area contributed by atoms with Crippen LogP contribution in [0.4, 0.5) is 0 Å². The lowest BCUT2D eigenvalue weighted by atomic mass is 10.0. The second-order valence-corrected chi connectivity index (χ2v) is 6.04. The lowest BCUT2D eigenvalue weighted by molar-refractivity contribution is 0.178. The number of likely N-dealkylation sites (tertiary alicyclic amines) is 1. The molecule has 0 spiro atoms. The summed E-state index contributed by atoms with van der Waals surface area (Å²) in [6.45, 7) is 5.05. The van der Waals surface area contributed by atoms with E-state index in [1.165, 1.54) is 64.5 Å². The van der Waals surface area contributed by atoms with E-state index in [0.717, 1.165) is 18.0 Å². The number of nitrogens with zero attached hydrogens (tertiary/aromatic N) is 1. The Hall–Kier alpha value is -0.0800. The Kier molecular flexibility index (Phi) is 5.30. The summed E-state index contributed by atoms with van der Waals surface area (Å²) in [6.07, 6.45) is 11.4. The molecule has 17 heavy (non-hydrogen) atoms. The van der Waals surface area contributed by atoms with Gasteiger partial charge in [0, 0.05) is 18.6 Å². The Morgan fingerprint density at radius 2 is 1.94 bits per heavy atom. The molecule has 2 nitrogen and oxygen atoms in total. The molecule has 2 heteroatoms. The minimum absolute atomic E-state index is 0.748. The van der Waals surface area contributed by atoms with Crippen molar-refractivity contribution < 1.29 is 0 Å². The Bertz CT molecular complexity index is 217. The van der Waals surface area contributed by atoms with Gasteiger partial charge in [-0.1, -0.05) is 32.6 Å². The van der Waals surface area contributed by atoms with Crippen molar-refractivity contribution in [2.45, 2.75) is 70.4 Å². The highest BCUT2D eigenvalue weighted by Crippen LogP contribution is 2.29. The lowest BCUT2D eigenvalue weighted by Crippen LogP contribution is -2.47. The van der Waals surface area contributed by atoms with E-state index in [0.29, 0.717) is 0 Å². The lowest BCUT2D eigenvalue weighted by Gasteiger charge is -2.33. The van der Waals surface area contributed by atoms with E-state index < -0.39 is 0 Å². The monoisotopic (exact) mass is 238 g/mol. The van der Waals surface area contributed by atoms with Crippen molar-refractivity contribution in [2.24, 2.45) is 5.92 Å². The maximum Gasteiger partial charge on any atom is 0.0249 e. The molecule has 1 aliphatic heterocycles. The van der Waals surface area contributed by atoms with Crippen molar-refractivity contribution in [3.05, 3.63) is 0 Å². The molecule has 2 rings (SSSR count). The second kappa shape index (κ2) is 6.75. The van der Waals surface area contributed by atoms with Crippen LogP contribution in [0.15, 0.2) is 0 Å². The molecule has 0 radical (unpaired) electrons. The van der Waals surface area contributed by atoms with Gasteiger partial charge in [0.2, 0.25) is 0 Å². The first-order valence-electron chi connectivity index (χ1n) is 7.76. The van der Waals surface area contributed by atoms with Gasteiger partial charge in [-0.15, -0.1) is 0 Å². The molecule has 0 aromatic rings. The summed E-state index contributed by atoms with van der Waals surface area (Å²) in [4.78, 5) is 2.80. The number of hydrogen-bond acceptors (Lipinski definition) is 2. The van der Waals surface area contributed by atoms with Crippen LogP contribution in [0, 0.1) is 5.92 Å². The minimum Gasteiger partial charge on any atom is -0.315 e. The third-order valence-electron chi connectivity index (χ3n) is 4.83. The highest BCUT2D eigenvalue weighted by Gasteiger charge is 2.32. The Labute approximate surface area is 107 Å². The Morgan fingerprint density at radius 1 is 1.12 bits per heavy atom. The maximum atomic E-state index is 3.58. The highest BCUT2D eigenvalue weighted by molar-refractivity contribution is 4.90. The van der Waals surface area contributed by atoms with E-state index in [1.54, 1.807) is 0 Å². The summed E-state index contributed by atoms with van der Waals surface area (Å²) in [5.74, 6) is 0.987. The predicted molar refractivity (Wildman–Crippen MR) is 74.3 cm³/mol. The van der Waals surface area contributed by atoms with Crippen molar-refractivity contribution in [1.82, 2.24) is 10.2 Å². The normalized spacial score (nSPS) is 36.0. The summed E-state index contributed by atoms with van der Waals surface area (Å²) in [5, 5.41) is 3.58. The third kappa shape index (κ3) is 3.45. The zero-order valence-electron chi connectivity index (χ0n) is 11.8. The van der Waals surface area contributed by atoms with Crippen LogP contribution in [0.25, 0.3) is 0 Å². The molecule has 2 fully saturated rings. The van der Waals surface area contributed by atoms with Gasteiger partial charge in [0.05, 0.1) is 0 Å². The Morgan fingerprint density at radius 3 is 2.71 bits per heavy atom. The highest BCUT2D eigenvalue weighted by atomic mass is 15.2. The van der Waals surface area contributed by atoms with E-state index in [1.807, 2.05) is 0 Å². The van der Waals surface area contributed by atoms with Gasteiger partial charge < -0.3 is 5.32 Å². The van der Waals surface area contributed by atoms with Gasteiger partial charge in [-0.2, -0.15) is 0 Å². The van der Waals surface area contributed by atoms with Gasteiger partial charge in [-0.25, -0.2) is 0 Å². The summed E-state index contributed by atoms with van der Waals surface area (Å²) in [6, 6.07) is 1.57. The van der Waals surface area contributed by atoms with Crippen LogP contribution in [-0.4, -0.2) is 37.1 Å². The topological polar surface area (TPSA) is 15.3 Å². The van der Waals surface area contributed by atoms with Crippen molar-refractivity contribution in [2.75, 3.05) is 20.1 Å². The fraction of sp³-hybridized carbons (Fsp3) is 1.00. The second-order valence-electron chi connectivity index (χ2n) is 6.04. The van der Waals surface area contributed by atoms with E-state index in [2.05, 4.69) is 24.2 Å². The van der Waals surface area contributed by atoms with Crippen LogP contribution in [-0.2, 0) is 0 Å². The summed E-state index contributed by atoms with van der Waals surface area (Å²) < 4.78 is 0. The fourth-order valence-electron chi connectivity index (χ4n) is 3.87. The zero-order valence-corrected chi connectivity index (χ0v) is 11.8. The first kappa shape index (κ1) is 13.4. The van der Waals surface area contributed by atoms with Crippen molar-refractivity contribution in [1.29, 1.82) is 0 Å². The van der Waals surface area contributed by atoms with E-state index in [9.17, 15) is 0 Å². The SMILES string of the molecule is CCCC1CCN(C2CCCCCC2NC)C1. The first-order chi connectivity index (χ1) is 8.35. The van der Waals surface area contributed by atoms with Crippen LogP contribution in [0.1, 0.15) is 58.3 Å². The molecule has 2 aliphatic rings. The van der Waals surface area contributed by atoms with E-state index in [4.69, 9.17) is 0 Å². The van der Waals surface area contributed by atoms with Gasteiger partial charge in [-0.05, 0) is 45.2 Å². The van der Waals surface area contributed by atoms with Crippen LogP contribution < -0.4 is 5.32 Å². The maximum absolute atomic E-state index is 3.58. The quantitative estimate of drug-likeness (QED) is 0.757. The van der Waals surface area contributed by atoms with Crippen molar-refractivity contribution >= 4 is 0 Å². The van der Waals surface area contributed by atoms with Gasteiger partial charge in [-0.3, -0.25) is 4.90 Å². The molecule has 1 saturated heterocycles. The minimum atomic E-state index is 0.748. The van der Waals surface area contributed by atoms with Crippen LogP contribution in [0.5, 0.6) is 0 Å². The number of hydrogen-bond donors (Lipinski definition) is 1. The molecule has 3 atom stereocenters. The Balaban J connectivity index is 1.90. The smallest absolute Gasteiger partial charge is 0.0249 e. The van der Waals surface area contributed by atoms with E-state index >= 15 is 0 Å². The van der Waals surface area contributed by atoms with Crippen LogP contribution >= 0.6 is 0 Å². The molecule has 1 N–H and O–H groups in total.